The van der Waals surface area contributed by atoms with Gasteiger partial charge in [-0.15, -0.1) is 11.8 Å². The Labute approximate surface area is 121 Å². The van der Waals surface area contributed by atoms with E-state index in [0.717, 1.165) is 0 Å². The van der Waals surface area contributed by atoms with E-state index >= 15 is 0 Å². The van der Waals surface area contributed by atoms with E-state index < -0.39 is 11.6 Å². The van der Waals surface area contributed by atoms with E-state index in [1.807, 2.05) is 0 Å². The highest BCUT2D eigenvalue weighted by Gasteiger charge is 2.35. The molecule has 1 aliphatic rings. The maximum absolute atomic E-state index is 13.2. The Morgan fingerprint density at radius 1 is 1.45 bits per heavy atom. The van der Waals surface area contributed by atoms with Gasteiger partial charge in [-0.2, -0.15) is 0 Å². The van der Waals surface area contributed by atoms with Gasteiger partial charge in [0.05, 0.1) is 11.5 Å². The molecule has 0 radical (unpaired) electrons. The Balaban J connectivity index is 1.94. The van der Waals surface area contributed by atoms with Crippen LogP contribution in [0.3, 0.4) is 0 Å². The summed E-state index contributed by atoms with van der Waals surface area (Å²) < 4.78 is 13.2. The molecule has 4 N–H and O–H groups in total. The predicted molar refractivity (Wildman–Crippen MR) is 76.1 cm³/mol. The van der Waals surface area contributed by atoms with Crippen LogP contribution in [0.25, 0.3) is 0 Å². The first-order chi connectivity index (χ1) is 9.39. The lowest BCUT2D eigenvalue weighted by atomic mass is 9.80. The van der Waals surface area contributed by atoms with E-state index in [1.54, 1.807) is 0 Å². The minimum atomic E-state index is -0.893. The molecule has 0 saturated heterocycles. The minimum Gasteiger partial charge on any atom is -0.481 e. The van der Waals surface area contributed by atoms with Gasteiger partial charge in [0, 0.05) is 16.3 Å². The second-order valence-electron chi connectivity index (χ2n) is 5.31. The van der Waals surface area contributed by atoms with E-state index in [1.165, 1.54) is 30.0 Å². The van der Waals surface area contributed by atoms with Crippen LogP contribution in [0.4, 0.5) is 10.1 Å². The van der Waals surface area contributed by atoms with Gasteiger partial charge in [0.25, 0.3) is 0 Å². The maximum Gasteiger partial charge on any atom is 0.306 e. The average Bonchev–Trinajstić information content (AvgIpc) is 2.40. The first-order valence-electron chi connectivity index (χ1n) is 6.53. The molecule has 1 aromatic carbocycles. The van der Waals surface area contributed by atoms with Crippen LogP contribution in [0.2, 0.25) is 0 Å². The number of hydrogen-bond acceptors (Lipinski definition) is 4. The number of nitrogens with two attached hydrogens (primary N) is 1. The zero-order chi connectivity index (χ0) is 14.8. The molecule has 0 spiro atoms. The van der Waals surface area contributed by atoms with E-state index in [-0.39, 0.29) is 11.7 Å². The van der Waals surface area contributed by atoms with E-state index in [0.29, 0.717) is 42.0 Å². The fraction of sp³-hybridized carbons (Fsp3) is 0.500. The molecule has 2 rings (SSSR count). The van der Waals surface area contributed by atoms with Crippen molar-refractivity contribution in [3.8, 4) is 0 Å². The van der Waals surface area contributed by atoms with Crippen LogP contribution < -0.4 is 5.73 Å². The normalized spacial score (nSPS) is 26.4. The lowest BCUT2D eigenvalue weighted by molar-refractivity contribution is -0.144. The lowest BCUT2D eigenvalue weighted by Gasteiger charge is -2.34. The van der Waals surface area contributed by atoms with Crippen molar-refractivity contribution in [2.45, 2.75) is 36.2 Å². The third-order valence-corrected chi connectivity index (χ3v) is 5.08. The zero-order valence-corrected chi connectivity index (χ0v) is 11.8. The SMILES string of the molecule is Nc1ccc(F)cc1SCC1(O)CCC(C(=O)O)CC1. The highest BCUT2D eigenvalue weighted by atomic mass is 32.2. The van der Waals surface area contributed by atoms with Crippen LogP contribution in [0.15, 0.2) is 23.1 Å². The third-order valence-electron chi connectivity index (χ3n) is 3.74. The number of aliphatic hydroxyl groups is 1. The third kappa shape index (κ3) is 3.64. The number of halogens is 1. The molecular weight excluding hydrogens is 281 g/mol. The smallest absolute Gasteiger partial charge is 0.306 e. The van der Waals surface area contributed by atoms with Crippen LogP contribution in [-0.4, -0.2) is 27.5 Å². The van der Waals surface area contributed by atoms with Gasteiger partial charge in [-0.1, -0.05) is 0 Å². The second kappa shape index (κ2) is 6.01. The summed E-state index contributed by atoms with van der Waals surface area (Å²) in [6.07, 6.45) is 1.86. The first-order valence-corrected chi connectivity index (χ1v) is 7.51. The summed E-state index contributed by atoms with van der Waals surface area (Å²) in [5.41, 5.74) is 5.36. The average molecular weight is 299 g/mol. The van der Waals surface area contributed by atoms with Crippen molar-refractivity contribution in [1.82, 2.24) is 0 Å². The summed E-state index contributed by atoms with van der Waals surface area (Å²) in [5, 5.41) is 19.4. The molecule has 110 valence electrons. The summed E-state index contributed by atoms with van der Waals surface area (Å²) in [6, 6.07) is 4.15. The number of carboxylic acid groups (broad SMARTS) is 1. The number of aliphatic carboxylic acids is 1. The molecule has 0 amide bonds. The molecule has 4 nitrogen and oxygen atoms in total. The number of rotatable bonds is 4. The molecule has 20 heavy (non-hydrogen) atoms. The van der Waals surface area contributed by atoms with Gasteiger partial charge in [-0.25, -0.2) is 4.39 Å². The van der Waals surface area contributed by atoms with E-state index in [9.17, 15) is 14.3 Å². The van der Waals surface area contributed by atoms with Gasteiger partial charge in [0.15, 0.2) is 0 Å². The number of thioether (sulfide) groups is 1. The number of carboxylic acids is 1. The molecular formula is C14H18FNO3S. The number of hydrogen-bond donors (Lipinski definition) is 3. The van der Waals surface area contributed by atoms with Gasteiger partial charge in [0.2, 0.25) is 0 Å². The minimum absolute atomic E-state index is 0.358. The molecule has 0 aliphatic heterocycles. The van der Waals surface area contributed by atoms with Crippen molar-refractivity contribution in [1.29, 1.82) is 0 Å². The highest BCUT2D eigenvalue weighted by molar-refractivity contribution is 7.99. The largest absolute Gasteiger partial charge is 0.481 e. The van der Waals surface area contributed by atoms with Crippen LogP contribution in [0, 0.1) is 11.7 Å². The second-order valence-corrected chi connectivity index (χ2v) is 6.32. The monoisotopic (exact) mass is 299 g/mol. The summed E-state index contributed by atoms with van der Waals surface area (Å²) in [4.78, 5) is 11.5. The van der Waals surface area contributed by atoms with Gasteiger partial charge < -0.3 is 15.9 Å². The fourth-order valence-electron chi connectivity index (χ4n) is 2.39. The van der Waals surface area contributed by atoms with Crippen LogP contribution >= 0.6 is 11.8 Å². The van der Waals surface area contributed by atoms with Crippen molar-refractivity contribution < 1.29 is 19.4 Å². The van der Waals surface area contributed by atoms with E-state index in [2.05, 4.69) is 0 Å². The van der Waals surface area contributed by atoms with Crippen LogP contribution in [0.5, 0.6) is 0 Å². The molecule has 1 aromatic rings. The van der Waals surface area contributed by atoms with Crippen molar-refractivity contribution in [2.24, 2.45) is 5.92 Å². The summed E-state index contributed by atoms with van der Waals surface area (Å²) >= 11 is 1.31. The molecule has 0 bridgehead atoms. The first kappa shape index (κ1) is 15.1. The molecule has 6 heteroatoms. The molecule has 0 atom stereocenters. The Bertz CT molecular complexity index is 501. The number of benzene rings is 1. The quantitative estimate of drug-likeness (QED) is 0.587. The van der Waals surface area contributed by atoms with Gasteiger partial charge in [-0.3, -0.25) is 4.79 Å². The molecule has 1 aliphatic carbocycles. The maximum atomic E-state index is 13.2. The van der Waals surface area contributed by atoms with Gasteiger partial charge in [-0.05, 0) is 43.9 Å². The Kier molecular flexibility index (Phi) is 4.55. The van der Waals surface area contributed by atoms with Gasteiger partial charge >= 0.3 is 5.97 Å². The lowest BCUT2D eigenvalue weighted by Crippen LogP contribution is -2.38. The Hall–Kier alpha value is -1.27. The topological polar surface area (TPSA) is 83.5 Å². The molecule has 1 fully saturated rings. The number of nitrogen functional groups attached to an aromatic ring is 1. The van der Waals surface area contributed by atoms with Crippen LogP contribution in [0.1, 0.15) is 25.7 Å². The summed E-state index contributed by atoms with van der Waals surface area (Å²) in [5.74, 6) is -1.12. The Morgan fingerprint density at radius 2 is 2.10 bits per heavy atom. The molecule has 0 unspecified atom stereocenters. The highest BCUT2D eigenvalue weighted by Crippen LogP contribution is 2.37. The van der Waals surface area contributed by atoms with Crippen molar-refractivity contribution >= 4 is 23.4 Å². The standard InChI is InChI=1S/C14H18FNO3S/c15-10-1-2-11(16)12(7-10)20-8-14(19)5-3-9(4-6-14)13(17)18/h1-2,7,9,19H,3-6,8,16H2,(H,17,18). The van der Waals surface area contributed by atoms with Crippen molar-refractivity contribution in [3.05, 3.63) is 24.0 Å². The zero-order valence-electron chi connectivity index (χ0n) is 11.0. The molecule has 0 aromatic heterocycles. The van der Waals surface area contributed by atoms with Crippen LogP contribution in [-0.2, 0) is 4.79 Å². The molecule has 0 heterocycles. The molecule has 1 saturated carbocycles. The fourth-order valence-corrected chi connectivity index (χ4v) is 3.54. The number of carbonyl (C=O) groups is 1. The predicted octanol–water partition coefficient (Wildman–Crippen LogP) is 2.51. The number of anilines is 1. The summed E-state index contributed by atoms with van der Waals surface area (Å²) in [6.45, 7) is 0. The summed E-state index contributed by atoms with van der Waals surface area (Å²) in [7, 11) is 0. The van der Waals surface area contributed by atoms with E-state index in [4.69, 9.17) is 10.8 Å². The van der Waals surface area contributed by atoms with Crippen molar-refractivity contribution in [3.63, 3.8) is 0 Å². The van der Waals surface area contributed by atoms with Crippen molar-refractivity contribution in [2.75, 3.05) is 11.5 Å². The van der Waals surface area contributed by atoms with Gasteiger partial charge in [0.1, 0.15) is 5.82 Å². The Morgan fingerprint density at radius 3 is 2.70 bits per heavy atom.